The molecule has 0 aliphatic heterocycles. The first-order valence-corrected chi connectivity index (χ1v) is 17.0. The molecular formula is C48H32N2. The lowest BCUT2D eigenvalue weighted by Gasteiger charge is -2.18. The molecule has 0 unspecified atom stereocenters. The number of hydrogen-bond acceptors (Lipinski definition) is 2. The predicted octanol–water partition coefficient (Wildman–Crippen LogP) is 12.8. The molecule has 234 valence electrons. The normalized spacial score (nSPS) is 11.2. The van der Waals surface area contributed by atoms with Crippen molar-refractivity contribution in [1.29, 1.82) is 0 Å². The number of nitrogens with zero attached hydrogens (tertiary/aromatic N) is 2. The van der Waals surface area contributed by atoms with Gasteiger partial charge in [-0.3, -0.25) is 0 Å². The van der Waals surface area contributed by atoms with Crippen LogP contribution in [0.3, 0.4) is 0 Å². The Balaban J connectivity index is 1.17. The van der Waals surface area contributed by atoms with Crippen molar-refractivity contribution in [1.82, 2.24) is 9.97 Å². The topological polar surface area (TPSA) is 25.8 Å². The van der Waals surface area contributed by atoms with E-state index < -0.39 is 0 Å². The third-order valence-corrected chi connectivity index (χ3v) is 9.51. The second kappa shape index (κ2) is 12.8. The maximum atomic E-state index is 5.06. The molecule has 0 atom stereocenters. The van der Waals surface area contributed by atoms with Crippen LogP contribution in [0.15, 0.2) is 194 Å². The molecule has 2 heteroatoms. The van der Waals surface area contributed by atoms with Crippen molar-refractivity contribution in [2.24, 2.45) is 0 Å². The van der Waals surface area contributed by atoms with Crippen molar-refractivity contribution < 1.29 is 0 Å². The summed E-state index contributed by atoms with van der Waals surface area (Å²) in [5.74, 6) is 0.709. The Kier molecular flexibility index (Phi) is 7.53. The van der Waals surface area contributed by atoms with Gasteiger partial charge in [0.1, 0.15) is 0 Å². The highest BCUT2D eigenvalue weighted by Gasteiger charge is 2.17. The van der Waals surface area contributed by atoms with Crippen molar-refractivity contribution in [3.63, 3.8) is 0 Å². The van der Waals surface area contributed by atoms with Gasteiger partial charge < -0.3 is 0 Å². The van der Waals surface area contributed by atoms with Crippen LogP contribution in [0.25, 0.3) is 88.8 Å². The van der Waals surface area contributed by atoms with Gasteiger partial charge in [-0.05, 0) is 61.0 Å². The van der Waals surface area contributed by atoms with Crippen molar-refractivity contribution in [2.45, 2.75) is 0 Å². The first kappa shape index (κ1) is 29.5. The van der Waals surface area contributed by atoms with E-state index in [9.17, 15) is 0 Å². The molecule has 2 nitrogen and oxygen atoms in total. The zero-order valence-corrected chi connectivity index (χ0v) is 27.4. The average Bonchev–Trinajstić information content (AvgIpc) is 3.21. The summed E-state index contributed by atoms with van der Waals surface area (Å²) in [6, 6.07) is 68.7. The molecule has 9 aromatic rings. The molecule has 8 aromatic carbocycles. The largest absolute Gasteiger partial charge is 0.228 e. The lowest BCUT2D eigenvalue weighted by atomic mass is 9.85. The fraction of sp³-hybridized carbons (Fsp3) is 0. The zero-order chi connectivity index (χ0) is 33.3. The number of benzene rings is 8. The maximum absolute atomic E-state index is 5.06. The van der Waals surface area contributed by atoms with Crippen LogP contribution < -0.4 is 0 Å². The van der Waals surface area contributed by atoms with E-state index in [1.165, 1.54) is 49.4 Å². The van der Waals surface area contributed by atoms with Crippen molar-refractivity contribution in [3.05, 3.63) is 194 Å². The van der Waals surface area contributed by atoms with Gasteiger partial charge in [0.05, 0.1) is 11.4 Å². The average molecular weight is 637 g/mol. The van der Waals surface area contributed by atoms with Gasteiger partial charge in [-0.2, -0.15) is 0 Å². The number of hydrogen-bond donors (Lipinski definition) is 0. The van der Waals surface area contributed by atoms with Gasteiger partial charge in [0.2, 0.25) is 0 Å². The Morgan fingerprint density at radius 3 is 0.940 bits per heavy atom. The summed E-state index contributed by atoms with van der Waals surface area (Å²) < 4.78 is 0. The second-order valence-corrected chi connectivity index (χ2v) is 12.6. The molecule has 50 heavy (non-hydrogen) atoms. The van der Waals surface area contributed by atoms with Crippen LogP contribution in [0, 0.1) is 0 Å². The van der Waals surface area contributed by atoms with Gasteiger partial charge in [-0.25, -0.2) is 9.97 Å². The Morgan fingerprint density at radius 1 is 0.240 bits per heavy atom. The molecule has 1 heterocycles. The summed E-state index contributed by atoms with van der Waals surface area (Å²) in [6.07, 6.45) is 0. The molecule has 0 aliphatic carbocycles. The van der Waals surface area contributed by atoms with Crippen molar-refractivity contribution in [2.75, 3.05) is 0 Å². The van der Waals surface area contributed by atoms with Gasteiger partial charge in [0.15, 0.2) is 5.82 Å². The zero-order valence-electron chi connectivity index (χ0n) is 27.4. The van der Waals surface area contributed by atoms with E-state index in [2.05, 4.69) is 158 Å². The lowest BCUT2D eigenvalue weighted by molar-refractivity contribution is 1.18. The molecule has 0 amide bonds. The Hall–Kier alpha value is -6.64. The molecule has 0 fully saturated rings. The Morgan fingerprint density at radius 2 is 0.540 bits per heavy atom. The summed E-state index contributed by atoms with van der Waals surface area (Å²) in [4.78, 5) is 10.1. The quantitative estimate of drug-likeness (QED) is 0.170. The predicted molar refractivity (Wildman–Crippen MR) is 210 cm³/mol. The number of aromatic nitrogens is 2. The van der Waals surface area contributed by atoms with Gasteiger partial charge in [0.25, 0.3) is 0 Å². The van der Waals surface area contributed by atoms with Crippen LogP contribution in [0.4, 0.5) is 0 Å². The van der Waals surface area contributed by atoms with Gasteiger partial charge in [-0.15, -0.1) is 0 Å². The van der Waals surface area contributed by atoms with E-state index in [1.807, 2.05) is 36.4 Å². The van der Waals surface area contributed by atoms with Crippen LogP contribution in [-0.4, -0.2) is 9.97 Å². The summed E-state index contributed by atoms with van der Waals surface area (Å²) in [5.41, 5.74) is 12.2. The van der Waals surface area contributed by atoms with Gasteiger partial charge in [-0.1, -0.05) is 188 Å². The van der Waals surface area contributed by atoms with Gasteiger partial charge in [0, 0.05) is 16.7 Å². The highest BCUT2D eigenvalue weighted by atomic mass is 14.9. The standard InChI is InChI=1S/C48H32N2/c1-4-14-33(15-5-1)34-24-26-37(27-25-34)46-40-20-10-12-22-42(40)47(43-23-13-11-21-41(43)46)38-28-30-39(31-29-38)48-49-44(35-16-6-2-7-17-35)32-45(50-48)36-18-8-3-9-19-36/h1-32H. The second-order valence-electron chi connectivity index (χ2n) is 12.6. The minimum atomic E-state index is 0.709. The summed E-state index contributed by atoms with van der Waals surface area (Å²) in [5, 5.41) is 4.94. The number of fused-ring (bicyclic) bond motifs is 2. The third kappa shape index (κ3) is 5.43. The monoisotopic (exact) mass is 636 g/mol. The maximum Gasteiger partial charge on any atom is 0.160 e. The lowest BCUT2D eigenvalue weighted by Crippen LogP contribution is -1.96. The fourth-order valence-corrected chi connectivity index (χ4v) is 7.09. The van der Waals surface area contributed by atoms with Gasteiger partial charge >= 0.3 is 0 Å². The molecule has 0 saturated carbocycles. The fourth-order valence-electron chi connectivity index (χ4n) is 7.09. The van der Waals surface area contributed by atoms with Crippen LogP contribution in [0.5, 0.6) is 0 Å². The van der Waals surface area contributed by atoms with E-state index >= 15 is 0 Å². The van der Waals surface area contributed by atoms with Crippen LogP contribution in [-0.2, 0) is 0 Å². The summed E-state index contributed by atoms with van der Waals surface area (Å²) in [7, 11) is 0. The Bertz CT molecular complexity index is 2480. The molecule has 0 aliphatic rings. The number of rotatable bonds is 6. The molecule has 1 aromatic heterocycles. The van der Waals surface area contributed by atoms with E-state index in [-0.39, 0.29) is 0 Å². The summed E-state index contributed by atoms with van der Waals surface area (Å²) >= 11 is 0. The minimum absolute atomic E-state index is 0.709. The first-order chi connectivity index (χ1) is 24.8. The van der Waals surface area contributed by atoms with Crippen LogP contribution in [0.2, 0.25) is 0 Å². The molecular weight excluding hydrogens is 605 g/mol. The van der Waals surface area contributed by atoms with Crippen LogP contribution in [0.1, 0.15) is 0 Å². The summed E-state index contributed by atoms with van der Waals surface area (Å²) in [6.45, 7) is 0. The molecule has 0 spiro atoms. The highest BCUT2D eigenvalue weighted by molar-refractivity contribution is 6.21. The first-order valence-electron chi connectivity index (χ1n) is 17.0. The van der Waals surface area contributed by atoms with Crippen molar-refractivity contribution >= 4 is 21.5 Å². The minimum Gasteiger partial charge on any atom is -0.228 e. The van der Waals surface area contributed by atoms with E-state index in [1.54, 1.807) is 0 Å². The van der Waals surface area contributed by atoms with Crippen LogP contribution >= 0.6 is 0 Å². The van der Waals surface area contributed by atoms with E-state index in [0.717, 1.165) is 33.6 Å². The van der Waals surface area contributed by atoms with Crippen molar-refractivity contribution in [3.8, 4) is 67.3 Å². The molecule has 0 N–H and O–H groups in total. The third-order valence-electron chi connectivity index (χ3n) is 9.51. The van der Waals surface area contributed by atoms with E-state index in [0.29, 0.717) is 5.82 Å². The van der Waals surface area contributed by atoms with E-state index in [4.69, 9.17) is 9.97 Å². The molecule has 0 bridgehead atoms. The molecule has 0 saturated heterocycles. The Labute approximate surface area is 292 Å². The SMILES string of the molecule is c1ccc(-c2ccc(-c3c4ccccc4c(-c4ccc(-c5nc(-c6ccccc6)cc(-c6ccccc6)n5)cc4)c4ccccc34)cc2)cc1. The molecule has 9 rings (SSSR count). The highest BCUT2D eigenvalue weighted by Crippen LogP contribution is 2.44. The smallest absolute Gasteiger partial charge is 0.160 e. The molecule has 0 radical (unpaired) electrons.